The fourth-order valence-corrected chi connectivity index (χ4v) is 2.84. The maximum atomic E-state index is 12.5. The topological polar surface area (TPSA) is 146 Å². The quantitative estimate of drug-likeness (QED) is 0.261. The number of nitriles is 1. The number of nitrogens with zero attached hydrogens (tertiary/aromatic N) is 2. The largest absolute Gasteiger partial charge is 0.478 e. The molecule has 0 aliphatic carbocycles. The van der Waals surface area contributed by atoms with Gasteiger partial charge in [0.15, 0.2) is 0 Å². The summed E-state index contributed by atoms with van der Waals surface area (Å²) >= 11 is 0. The van der Waals surface area contributed by atoms with E-state index < -0.39 is 16.8 Å². The summed E-state index contributed by atoms with van der Waals surface area (Å²) < 4.78 is 5.59. The van der Waals surface area contributed by atoms with Gasteiger partial charge in [0.1, 0.15) is 23.2 Å². The average molecular weight is 417 g/mol. The second kappa shape index (κ2) is 8.75. The molecule has 9 nitrogen and oxygen atoms in total. The molecule has 3 rings (SSSR count). The number of nitro benzene ring substituents is 1. The van der Waals surface area contributed by atoms with E-state index >= 15 is 0 Å². The van der Waals surface area contributed by atoms with Crippen molar-refractivity contribution < 1.29 is 24.0 Å². The number of carboxylic acids is 1. The number of carbonyl (C=O) groups excluding carboxylic acids is 1. The number of nitro groups is 1. The second-order valence-electron chi connectivity index (χ2n) is 6.45. The number of carbonyl (C=O) groups is 2. The number of anilines is 1. The minimum absolute atomic E-state index is 0.0385. The standard InChI is InChI=1S/C22H15N3O6/c1-13-6-8-17(19(10-13)25(29)30)20-9-7-15(31-20)11-14(12-23)21(26)24-18-5-3-2-4-16(18)22(27)28/h2-11H,1H3,(H,24,26)(H,27,28)/b14-11+. The smallest absolute Gasteiger partial charge is 0.337 e. The number of amides is 1. The Balaban J connectivity index is 1.89. The van der Waals surface area contributed by atoms with E-state index in [2.05, 4.69) is 5.32 Å². The Kier molecular flexibility index (Phi) is 5.93. The summed E-state index contributed by atoms with van der Waals surface area (Å²) in [6.45, 7) is 1.73. The predicted octanol–water partition coefficient (Wildman–Crippen LogP) is 4.41. The molecule has 31 heavy (non-hydrogen) atoms. The van der Waals surface area contributed by atoms with E-state index in [-0.39, 0.29) is 39.6 Å². The highest BCUT2D eigenvalue weighted by Gasteiger charge is 2.19. The van der Waals surface area contributed by atoms with Crippen molar-refractivity contribution in [1.29, 1.82) is 5.26 Å². The Morgan fingerprint density at radius 1 is 1.19 bits per heavy atom. The van der Waals surface area contributed by atoms with Crippen LogP contribution in [0.5, 0.6) is 0 Å². The van der Waals surface area contributed by atoms with Crippen molar-refractivity contribution in [3.63, 3.8) is 0 Å². The third kappa shape index (κ3) is 4.65. The van der Waals surface area contributed by atoms with Gasteiger partial charge in [-0.1, -0.05) is 18.2 Å². The molecular weight excluding hydrogens is 402 g/mol. The molecule has 0 aliphatic heterocycles. The van der Waals surface area contributed by atoms with E-state index in [0.717, 1.165) is 0 Å². The van der Waals surface area contributed by atoms with Gasteiger partial charge in [-0.25, -0.2) is 4.79 Å². The first-order valence-corrected chi connectivity index (χ1v) is 8.91. The van der Waals surface area contributed by atoms with E-state index in [1.807, 2.05) is 0 Å². The van der Waals surface area contributed by atoms with Crippen LogP contribution in [0.3, 0.4) is 0 Å². The first-order valence-electron chi connectivity index (χ1n) is 8.91. The lowest BCUT2D eigenvalue weighted by molar-refractivity contribution is -0.384. The number of furan rings is 1. The number of para-hydroxylation sites is 1. The van der Waals surface area contributed by atoms with Crippen molar-refractivity contribution in [2.75, 3.05) is 5.32 Å². The van der Waals surface area contributed by atoms with Crippen molar-refractivity contribution in [3.05, 3.63) is 87.2 Å². The summed E-state index contributed by atoms with van der Waals surface area (Å²) in [5, 5.41) is 32.3. The van der Waals surface area contributed by atoms with Gasteiger partial charge in [0.25, 0.3) is 11.6 Å². The molecule has 0 saturated carbocycles. The van der Waals surface area contributed by atoms with Crippen LogP contribution in [-0.4, -0.2) is 21.9 Å². The van der Waals surface area contributed by atoms with Crippen LogP contribution in [-0.2, 0) is 4.79 Å². The van der Waals surface area contributed by atoms with Crippen LogP contribution in [0.1, 0.15) is 21.7 Å². The Hall–Kier alpha value is -4.71. The van der Waals surface area contributed by atoms with Crippen LogP contribution in [0.2, 0.25) is 0 Å². The predicted molar refractivity (Wildman–Crippen MR) is 111 cm³/mol. The molecule has 0 aliphatic rings. The van der Waals surface area contributed by atoms with Gasteiger partial charge in [0.05, 0.1) is 21.7 Å². The SMILES string of the molecule is Cc1ccc(-c2ccc(/C=C(\C#N)C(=O)Nc3ccccc3C(=O)O)o2)c([N+](=O)[O-])c1. The maximum absolute atomic E-state index is 12.5. The molecule has 0 unspecified atom stereocenters. The molecule has 0 radical (unpaired) electrons. The van der Waals surface area contributed by atoms with E-state index in [0.29, 0.717) is 5.56 Å². The van der Waals surface area contributed by atoms with Crippen molar-refractivity contribution in [1.82, 2.24) is 0 Å². The molecule has 0 saturated heterocycles. The van der Waals surface area contributed by atoms with Gasteiger partial charge in [0, 0.05) is 12.1 Å². The first kappa shape index (κ1) is 21.0. The summed E-state index contributed by atoms with van der Waals surface area (Å²) in [5.74, 6) is -1.72. The maximum Gasteiger partial charge on any atom is 0.337 e. The van der Waals surface area contributed by atoms with E-state index in [9.17, 15) is 30.1 Å². The number of aryl methyl sites for hydroxylation is 1. The Morgan fingerprint density at radius 3 is 2.61 bits per heavy atom. The molecule has 0 bridgehead atoms. The van der Waals surface area contributed by atoms with Crippen molar-refractivity contribution in [3.8, 4) is 17.4 Å². The molecule has 3 aromatic rings. The molecule has 0 fully saturated rings. The van der Waals surface area contributed by atoms with Gasteiger partial charge in [-0.05, 0) is 42.8 Å². The first-order chi connectivity index (χ1) is 14.8. The summed E-state index contributed by atoms with van der Waals surface area (Å²) in [6.07, 6.45) is 1.17. The van der Waals surface area contributed by atoms with E-state index in [1.54, 1.807) is 31.2 Å². The lowest BCUT2D eigenvalue weighted by Gasteiger charge is -2.07. The second-order valence-corrected chi connectivity index (χ2v) is 6.45. The lowest BCUT2D eigenvalue weighted by Crippen LogP contribution is -2.16. The van der Waals surface area contributed by atoms with Crippen LogP contribution in [0.25, 0.3) is 17.4 Å². The number of benzene rings is 2. The average Bonchev–Trinajstić information content (AvgIpc) is 3.20. The molecule has 1 heterocycles. The third-order valence-electron chi connectivity index (χ3n) is 4.30. The Bertz CT molecular complexity index is 1270. The van der Waals surface area contributed by atoms with Gasteiger partial charge in [-0.15, -0.1) is 0 Å². The van der Waals surface area contributed by atoms with Crippen LogP contribution in [0, 0.1) is 28.4 Å². The number of carboxylic acid groups (broad SMARTS) is 1. The minimum Gasteiger partial charge on any atom is -0.478 e. The minimum atomic E-state index is -1.23. The van der Waals surface area contributed by atoms with Gasteiger partial charge in [-0.3, -0.25) is 14.9 Å². The highest BCUT2D eigenvalue weighted by molar-refractivity contribution is 6.11. The van der Waals surface area contributed by atoms with Crippen molar-refractivity contribution >= 4 is 29.3 Å². The van der Waals surface area contributed by atoms with E-state index in [1.165, 1.54) is 42.5 Å². The molecule has 1 amide bonds. The third-order valence-corrected chi connectivity index (χ3v) is 4.30. The molecule has 1 aromatic heterocycles. The van der Waals surface area contributed by atoms with Gasteiger partial charge < -0.3 is 14.8 Å². The molecular formula is C22H15N3O6. The summed E-state index contributed by atoms with van der Waals surface area (Å²) in [5.41, 5.74) is 0.422. The zero-order valence-electron chi connectivity index (χ0n) is 16.2. The van der Waals surface area contributed by atoms with Gasteiger partial charge in [0.2, 0.25) is 0 Å². The normalized spacial score (nSPS) is 10.9. The number of rotatable bonds is 6. The summed E-state index contributed by atoms with van der Waals surface area (Å²) in [7, 11) is 0. The van der Waals surface area contributed by atoms with Crippen molar-refractivity contribution in [2.24, 2.45) is 0 Å². The lowest BCUT2D eigenvalue weighted by atomic mass is 10.1. The molecule has 9 heteroatoms. The fourth-order valence-electron chi connectivity index (χ4n) is 2.84. The van der Waals surface area contributed by atoms with Crippen LogP contribution < -0.4 is 5.32 Å². The van der Waals surface area contributed by atoms with Crippen LogP contribution >= 0.6 is 0 Å². The van der Waals surface area contributed by atoms with Crippen LogP contribution in [0.4, 0.5) is 11.4 Å². The van der Waals surface area contributed by atoms with E-state index in [4.69, 9.17) is 4.42 Å². The number of nitrogens with one attached hydrogen (secondary N) is 1. The number of aromatic carboxylic acids is 1. The van der Waals surface area contributed by atoms with Crippen molar-refractivity contribution in [2.45, 2.75) is 6.92 Å². The molecule has 0 atom stereocenters. The zero-order valence-corrected chi connectivity index (χ0v) is 16.2. The summed E-state index contributed by atoms with van der Waals surface area (Å²) in [4.78, 5) is 34.5. The number of hydrogen-bond acceptors (Lipinski definition) is 6. The van der Waals surface area contributed by atoms with Crippen LogP contribution in [0.15, 0.2) is 64.6 Å². The Labute approximate surface area is 176 Å². The Morgan fingerprint density at radius 2 is 1.94 bits per heavy atom. The molecule has 2 N–H and O–H groups in total. The monoisotopic (exact) mass is 417 g/mol. The van der Waals surface area contributed by atoms with Gasteiger partial charge >= 0.3 is 5.97 Å². The highest BCUT2D eigenvalue weighted by Crippen LogP contribution is 2.32. The molecule has 0 spiro atoms. The van der Waals surface area contributed by atoms with Gasteiger partial charge in [-0.2, -0.15) is 5.26 Å². The highest BCUT2D eigenvalue weighted by atomic mass is 16.6. The number of hydrogen-bond donors (Lipinski definition) is 2. The zero-order chi connectivity index (χ0) is 22.5. The molecule has 154 valence electrons. The molecule has 2 aromatic carbocycles. The fraction of sp³-hybridized carbons (Fsp3) is 0.0455. The summed E-state index contributed by atoms with van der Waals surface area (Å²) in [6, 6.07) is 15.2.